The van der Waals surface area contributed by atoms with Crippen LogP contribution in [-0.2, 0) is 0 Å². The maximum atomic E-state index is 9.08. The minimum Gasteiger partial charge on any atom is -0.456 e. The quantitative estimate of drug-likeness (QED) is 0.142. The first kappa shape index (κ1) is 50.5. The van der Waals surface area contributed by atoms with E-state index < -0.39 is 12.1 Å². The van der Waals surface area contributed by atoms with Crippen LogP contribution in [0.3, 0.4) is 0 Å². The standard InChI is InChI=1S/C60H37NO.C42H26O/c1-3-17-38(18-4-1)44-32-33-51(59-53-37-42(31-34-56(53)62-60(44)59)61-54-29-15-13-23-45(54)46-24-14-16-30-55(46)61)52-36-41(35-40-21-7-8-22-43(40)52)58-49-27-11-9-25-47(49)57(39-19-5-2-6-20-39)48-26-10-12-28-50(48)58;1-2-12-27(13-3-1)41-33-17-6-8-19-35(33)42(36-20-9-7-18-34(36)41)30-24-28-14-4-5-15-31(28)37(26-30)29-22-23-40-38(25-29)32-16-10-11-21-39(32)43-40/h1-37H;1-26H/i2D,5D,6D,19D,20D;1D,2D,3D,12D,13D. The molecule has 0 spiro atoms. The number of hydrogen-bond acceptors (Lipinski definition) is 2. The smallest absolute Gasteiger partial charge is 0.143 e. The Kier molecular flexibility index (Phi) is 11.8. The number of benzene rings is 19. The molecule has 0 radical (unpaired) electrons. The Hall–Kier alpha value is -13.9. The van der Waals surface area contributed by atoms with E-state index in [-0.39, 0.29) is 59.5 Å². The van der Waals surface area contributed by atoms with Crippen molar-refractivity contribution in [2.45, 2.75) is 0 Å². The Bertz CT molecular complexity index is 7710. The third kappa shape index (κ3) is 9.74. The molecule has 105 heavy (non-hydrogen) atoms. The lowest BCUT2D eigenvalue weighted by Gasteiger charge is -2.19. The monoisotopic (exact) mass is 1340 g/mol. The van der Waals surface area contributed by atoms with Crippen LogP contribution in [0.1, 0.15) is 13.7 Å². The summed E-state index contributed by atoms with van der Waals surface area (Å²) in [6, 6.07) is 108. The molecule has 3 heterocycles. The Labute approximate surface area is 619 Å². The molecule has 0 aliphatic heterocycles. The maximum Gasteiger partial charge on any atom is 0.143 e. The third-order valence-corrected chi connectivity index (χ3v) is 21.2. The van der Waals surface area contributed by atoms with E-state index >= 15 is 0 Å². The summed E-state index contributed by atoms with van der Waals surface area (Å²) in [5.41, 5.74) is 18.7. The molecule has 3 aromatic heterocycles. The van der Waals surface area contributed by atoms with Gasteiger partial charge in [-0.2, -0.15) is 0 Å². The van der Waals surface area contributed by atoms with Gasteiger partial charge in [-0.3, -0.25) is 0 Å². The third-order valence-electron chi connectivity index (χ3n) is 21.2. The zero-order valence-electron chi connectivity index (χ0n) is 66.4. The zero-order chi connectivity index (χ0) is 77.8. The molecule has 0 N–H and O–H groups in total. The molecular formula is C102H63NO2. The summed E-state index contributed by atoms with van der Waals surface area (Å²) in [5, 5.41) is 17.9. The van der Waals surface area contributed by atoms with Gasteiger partial charge in [-0.1, -0.05) is 303 Å². The highest BCUT2D eigenvalue weighted by atomic mass is 16.3. The topological polar surface area (TPSA) is 31.2 Å². The first-order chi connectivity index (χ1) is 56.3. The fourth-order valence-corrected chi connectivity index (χ4v) is 16.7. The van der Waals surface area contributed by atoms with E-state index in [0.717, 1.165) is 181 Å². The number of para-hydroxylation sites is 3. The number of rotatable bonds is 8. The molecule has 0 bridgehead atoms. The van der Waals surface area contributed by atoms with Crippen LogP contribution in [0.5, 0.6) is 0 Å². The fraction of sp³-hybridized carbons (Fsp3) is 0. The predicted molar refractivity (Wildman–Crippen MR) is 445 cm³/mol. The van der Waals surface area contributed by atoms with Crippen LogP contribution < -0.4 is 0 Å². The Morgan fingerprint density at radius 1 is 0.219 bits per heavy atom. The van der Waals surface area contributed by atoms with E-state index in [0.29, 0.717) is 11.1 Å². The van der Waals surface area contributed by atoms with Gasteiger partial charge in [0.25, 0.3) is 0 Å². The normalized spacial score (nSPS) is 13.1. The molecule has 0 saturated carbocycles. The molecule has 0 fully saturated rings. The van der Waals surface area contributed by atoms with Crippen molar-refractivity contribution in [2.75, 3.05) is 0 Å². The van der Waals surface area contributed by atoms with Crippen LogP contribution in [0.4, 0.5) is 0 Å². The molecule has 22 aromatic rings. The highest BCUT2D eigenvalue weighted by Crippen LogP contribution is 2.51. The van der Waals surface area contributed by atoms with Crippen molar-refractivity contribution in [3.8, 4) is 83.6 Å². The largest absolute Gasteiger partial charge is 0.456 e. The van der Waals surface area contributed by atoms with E-state index in [4.69, 9.17) is 22.5 Å². The van der Waals surface area contributed by atoms with Crippen molar-refractivity contribution in [2.24, 2.45) is 0 Å². The first-order valence-corrected chi connectivity index (χ1v) is 35.3. The SMILES string of the molecule is [2H]c1c([2H])c([2H])c(-c2c3ccccc3c(-c3cc(-c4ccc(-c5ccccc5)c5oc6ccc(-n7c8ccccc8c8ccccc87)cc6c45)c4ccccc4c3)c3ccccc23)c([2H])c1[2H].[2H]c1c([2H])c([2H])c(-c2c3ccccc3c(-c3cc(-c4ccc5oc6ccccc6c5c4)c4ccccc4c3)c3ccccc23)c([2H])c1[2H]. The molecule has 19 aromatic carbocycles. The molecule has 22 rings (SSSR count). The molecule has 0 aliphatic rings. The van der Waals surface area contributed by atoms with Crippen molar-refractivity contribution in [1.29, 1.82) is 0 Å². The van der Waals surface area contributed by atoms with E-state index in [1.807, 2.05) is 103 Å². The van der Waals surface area contributed by atoms with Crippen LogP contribution in [0, 0.1) is 0 Å². The molecule has 488 valence electrons. The Morgan fingerprint density at radius 2 is 0.619 bits per heavy atom. The van der Waals surface area contributed by atoms with E-state index in [1.54, 1.807) is 0 Å². The van der Waals surface area contributed by atoms with Gasteiger partial charge in [-0.05, 0) is 216 Å². The predicted octanol–water partition coefficient (Wildman–Crippen LogP) is 28.9. The van der Waals surface area contributed by atoms with Crippen molar-refractivity contribution >= 4 is 130 Å². The summed E-state index contributed by atoms with van der Waals surface area (Å²) in [6.45, 7) is 0. The van der Waals surface area contributed by atoms with Gasteiger partial charge in [-0.25, -0.2) is 0 Å². The molecule has 0 unspecified atom stereocenters. The lowest BCUT2D eigenvalue weighted by molar-refractivity contribution is 0.669. The number of nitrogens with zero attached hydrogens (tertiary/aromatic N) is 1. The number of furan rings is 2. The number of fused-ring (bicyclic) bond motifs is 15. The highest BCUT2D eigenvalue weighted by Gasteiger charge is 2.25. The van der Waals surface area contributed by atoms with Crippen molar-refractivity contribution in [3.63, 3.8) is 0 Å². The fourth-order valence-electron chi connectivity index (χ4n) is 16.7. The van der Waals surface area contributed by atoms with Crippen LogP contribution in [-0.4, -0.2) is 4.57 Å². The first-order valence-electron chi connectivity index (χ1n) is 40.3. The highest BCUT2D eigenvalue weighted by molar-refractivity contribution is 6.26. The molecule has 3 heteroatoms. The Balaban J connectivity index is 0.000000152. The van der Waals surface area contributed by atoms with E-state index in [1.165, 1.54) is 10.8 Å². The lowest BCUT2D eigenvalue weighted by Crippen LogP contribution is -1.93. The molecule has 0 atom stereocenters. The van der Waals surface area contributed by atoms with Crippen molar-refractivity contribution in [1.82, 2.24) is 4.57 Å². The second kappa shape index (κ2) is 24.5. The average Bonchev–Trinajstić information content (AvgIpc) is 1.53. The van der Waals surface area contributed by atoms with Crippen LogP contribution >= 0.6 is 0 Å². The summed E-state index contributed by atoms with van der Waals surface area (Å²) in [7, 11) is 0. The van der Waals surface area contributed by atoms with Gasteiger partial charge < -0.3 is 13.4 Å². The second-order valence-electron chi connectivity index (χ2n) is 26.9. The number of aromatic nitrogens is 1. The van der Waals surface area contributed by atoms with E-state index in [2.05, 4.69) is 223 Å². The second-order valence-corrected chi connectivity index (χ2v) is 26.9. The average molecular weight is 1340 g/mol. The van der Waals surface area contributed by atoms with Crippen LogP contribution in [0.2, 0.25) is 0 Å². The summed E-state index contributed by atoms with van der Waals surface area (Å²) >= 11 is 0. The molecule has 0 aliphatic carbocycles. The Morgan fingerprint density at radius 3 is 1.15 bits per heavy atom. The maximum absolute atomic E-state index is 9.08. The van der Waals surface area contributed by atoms with Crippen molar-refractivity contribution < 1.29 is 22.5 Å². The van der Waals surface area contributed by atoms with Gasteiger partial charge in [0.1, 0.15) is 22.3 Å². The summed E-state index contributed by atoms with van der Waals surface area (Å²) < 4.78 is 102. The van der Waals surface area contributed by atoms with E-state index in [9.17, 15) is 0 Å². The molecule has 3 nitrogen and oxygen atoms in total. The summed E-state index contributed by atoms with van der Waals surface area (Å²) in [5.74, 6) is 0. The summed E-state index contributed by atoms with van der Waals surface area (Å²) in [4.78, 5) is 0. The lowest BCUT2D eigenvalue weighted by atomic mass is 9.84. The van der Waals surface area contributed by atoms with Crippen LogP contribution in [0.15, 0.2) is 391 Å². The van der Waals surface area contributed by atoms with Gasteiger partial charge in [0.15, 0.2) is 0 Å². The van der Waals surface area contributed by atoms with Gasteiger partial charge >= 0.3 is 0 Å². The van der Waals surface area contributed by atoms with Crippen molar-refractivity contribution in [3.05, 3.63) is 382 Å². The molecular weight excluding hydrogens is 1270 g/mol. The van der Waals surface area contributed by atoms with Gasteiger partial charge in [0.2, 0.25) is 0 Å². The minimum atomic E-state index is -0.410. The van der Waals surface area contributed by atoms with Gasteiger partial charge in [0, 0.05) is 43.6 Å². The summed E-state index contributed by atoms with van der Waals surface area (Å²) in [6.07, 6.45) is 0. The number of hydrogen-bond donors (Lipinski definition) is 0. The minimum absolute atomic E-state index is 0.192. The van der Waals surface area contributed by atoms with Crippen LogP contribution in [0.25, 0.3) is 214 Å². The molecule has 0 amide bonds. The molecule has 0 saturated heterocycles. The van der Waals surface area contributed by atoms with Gasteiger partial charge in [0.05, 0.1) is 24.7 Å². The van der Waals surface area contributed by atoms with Gasteiger partial charge in [-0.15, -0.1) is 0 Å². The zero-order valence-corrected chi connectivity index (χ0v) is 56.4.